The molecule has 1 aliphatic heterocycles. The summed E-state index contributed by atoms with van der Waals surface area (Å²) in [7, 11) is 0. The molecule has 1 heterocycles. The third-order valence-electron chi connectivity index (χ3n) is 5.61. The zero-order chi connectivity index (χ0) is 24.6. The van der Waals surface area contributed by atoms with Crippen LogP contribution < -0.4 is 14.8 Å². The third kappa shape index (κ3) is 6.43. The second-order valence-corrected chi connectivity index (χ2v) is 8.12. The summed E-state index contributed by atoms with van der Waals surface area (Å²) in [6, 6.07) is 20.6. The average molecular weight is 472 g/mol. The lowest BCUT2D eigenvalue weighted by Gasteiger charge is -2.17. The molecule has 35 heavy (non-hydrogen) atoms. The highest BCUT2D eigenvalue weighted by atomic mass is 16.7. The van der Waals surface area contributed by atoms with Crippen molar-refractivity contribution in [3.8, 4) is 11.5 Å². The highest BCUT2D eigenvalue weighted by Gasteiger charge is 2.21. The lowest BCUT2D eigenvalue weighted by atomic mass is 9.97. The molecule has 7 nitrogen and oxygen atoms in total. The number of ketones is 2. The second-order valence-electron chi connectivity index (χ2n) is 8.12. The van der Waals surface area contributed by atoms with E-state index in [1.54, 1.807) is 42.5 Å². The molecule has 2 N–H and O–H groups in total. The number of carbonyl (C=O) groups is 3. The first-order valence-corrected chi connectivity index (χ1v) is 11.2. The molecule has 3 aromatic rings. The van der Waals surface area contributed by atoms with Crippen LogP contribution in [0.5, 0.6) is 11.5 Å². The highest BCUT2D eigenvalue weighted by molar-refractivity contribution is 5.98. The van der Waals surface area contributed by atoms with Gasteiger partial charge < -0.3 is 19.9 Å². The topological polar surface area (TPSA) is 102 Å². The maximum absolute atomic E-state index is 13.2. The highest BCUT2D eigenvalue weighted by Crippen LogP contribution is 2.32. The number of amides is 1. The van der Waals surface area contributed by atoms with Crippen LogP contribution in [0.25, 0.3) is 6.08 Å². The zero-order valence-corrected chi connectivity index (χ0v) is 19.0. The minimum absolute atomic E-state index is 0.0945. The first-order valence-electron chi connectivity index (χ1n) is 11.2. The van der Waals surface area contributed by atoms with Crippen LogP contribution in [0.4, 0.5) is 0 Å². The summed E-state index contributed by atoms with van der Waals surface area (Å²) in [4.78, 5) is 37.5. The summed E-state index contributed by atoms with van der Waals surface area (Å²) in [6.07, 6.45) is 3.48. The van der Waals surface area contributed by atoms with Crippen LogP contribution in [0, 0.1) is 0 Å². The normalized spacial score (nSPS) is 12.9. The summed E-state index contributed by atoms with van der Waals surface area (Å²) >= 11 is 0. The van der Waals surface area contributed by atoms with Gasteiger partial charge in [-0.05, 0) is 41.3 Å². The van der Waals surface area contributed by atoms with Gasteiger partial charge in [-0.1, -0.05) is 60.7 Å². The summed E-state index contributed by atoms with van der Waals surface area (Å²) in [6.45, 7) is -0.393. The van der Waals surface area contributed by atoms with Gasteiger partial charge in [0.25, 0.3) is 0 Å². The number of carbonyl (C=O) groups excluding carboxylic acids is 3. The van der Waals surface area contributed by atoms with E-state index < -0.39 is 12.6 Å². The molecule has 178 valence electrons. The molecular weight excluding hydrogens is 446 g/mol. The monoisotopic (exact) mass is 471 g/mol. The maximum atomic E-state index is 13.2. The molecular formula is C28H25NO6. The fraction of sp³-hybridized carbons (Fsp3) is 0.179. The van der Waals surface area contributed by atoms with Crippen molar-refractivity contribution in [3.63, 3.8) is 0 Å². The number of fused-ring (bicyclic) bond motifs is 1. The Morgan fingerprint density at radius 1 is 0.914 bits per heavy atom. The van der Waals surface area contributed by atoms with Crippen molar-refractivity contribution in [2.75, 3.05) is 13.4 Å². The molecule has 4 rings (SSSR count). The van der Waals surface area contributed by atoms with Crippen LogP contribution in [-0.2, 0) is 22.4 Å². The van der Waals surface area contributed by atoms with Crippen LogP contribution in [0.3, 0.4) is 0 Å². The molecule has 0 saturated heterocycles. The Balaban J connectivity index is 1.45. The number of benzene rings is 3. The average Bonchev–Trinajstić information content (AvgIpc) is 3.35. The number of Topliss-reactive ketones (excluding diaryl/α,β-unsaturated/α-hetero) is 2. The van der Waals surface area contributed by atoms with Gasteiger partial charge in [0, 0.05) is 18.1 Å². The zero-order valence-electron chi connectivity index (χ0n) is 19.0. The van der Waals surface area contributed by atoms with Crippen LogP contribution in [0.15, 0.2) is 78.9 Å². The fourth-order valence-electron chi connectivity index (χ4n) is 3.73. The van der Waals surface area contributed by atoms with Gasteiger partial charge >= 0.3 is 0 Å². The Morgan fingerprint density at radius 2 is 1.66 bits per heavy atom. The smallest absolute Gasteiger partial charge is 0.244 e. The molecule has 3 aromatic carbocycles. The SMILES string of the molecule is O=C(/C=C/c1ccc2c(c1)OCO2)N[C@@H](Cc1ccccc1)C(=O)Cc1ccc(C(=O)CO)cc1. The van der Waals surface area contributed by atoms with Gasteiger partial charge in [-0.3, -0.25) is 14.4 Å². The Hall–Kier alpha value is -4.23. The lowest BCUT2D eigenvalue weighted by Crippen LogP contribution is -2.42. The van der Waals surface area contributed by atoms with E-state index in [1.807, 2.05) is 36.4 Å². The largest absolute Gasteiger partial charge is 0.454 e. The minimum atomic E-state index is -0.731. The molecule has 0 spiro atoms. The Morgan fingerprint density at radius 3 is 2.40 bits per heavy atom. The molecule has 0 aromatic heterocycles. The lowest BCUT2D eigenvalue weighted by molar-refractivity contribution is -0.125. The van der Waals surface area contributed by atoms with E-state index in [9.17, 15) is 14.4 Å². The van der Waals surface area contributed by atoms with Gasteiger partial charge in [0.2, 0.25) is 12.7 Å². The van der Waals surface area contributed by atoms with Crippen molar-refractivity contribution < 1.29 is 29.0 Å². The summed E-state index contributed by atoms with van der Waals surface area (Å²) in [5.74, 6) is 0.359. The van der Waals surface area contributed by atoms with Gasteiger partial charge in [-0.2, -0.15) is 0 Å². The number of aliphatic hydroxyl groups excluding tert-OH is 1. The van der Waals surface area contributed by atoms with Gasteiger partial charge in [0.1, 0.15) is 6.61 Å². The quantitative estimate of drug-likeness (QED) is 0.348. The molecule has 0 bridgehead atoms. The molecule has 0 fully saturated rings. The molecule has 0 aliphatic carbocycles. The molecule has 7 heteroatoms. The van der Waals surface area contributed by atoms with Crippen molar-refractivity contribution in [1.29, 1.82) is 0 Å². The van der Waals surface area contributed by atoms with E-state index in [-0.39, 0.29) is 30.7 Å². The molecule has 1 atom stereocenters. The third-order valence-corrected chi connectivity index (χ3v) is 5.61. The van der Waals surface area contributed by atoms with Crippen molar-refractivity contribution >= 4 is 23.5 Å². The summed E-state index contributed by atoms with van der Waals surface area (Å²) in [5, 5.41) is 11.8. The number of hydrogen-bond donors (Lipinski definition) is 2. The fourth-order valence-corrected chi connectivity index (χ4v) is 3.73. The van der Waals surface area contributed by atoms with Crippen molar-refractivity contribution in [2.24, 2.45) is 0 Å². The van der Waals surface area contributed by atoms with E-state index in [1.165, 1.54) is 6.08 Å². The first kappa shape index (κ1) is 23.9. The van der Waals surface area contributed by atoms with Crippen molar-refractivity contribution in [3.05, 3.63) is 101 Å². The van der Waals surface area contributed by atoms with E-state index in [4.69, 9.17) is 14.6 Å². The maximum Gasteiger partial charge on any atom is 0.244 e. The molecule has 0 unspecified atom stereocenters. The standard InChI is InChI=1S/C28H25NO6/c30-17-25(32)22-10-6-20(7-11-22)15-24(31)23(14-19-4-2-1-3-5-19)29-28(33)13-9-21-8-12-26-27(16-21)35-18-34-26/h1-13,16,23,30H,14-15,17-18H2,(H,29,33)/b13-9+/t23-/m0/s1. The number of hydrogen-bond acceptors (Lipinski definition) is 6. The molecule has 0 radical (unpaired) electrons. The predicted octanol–water partition coefficient (Wildman–Crippen LogP) is 3.14. The Labute approximate surface area is 203 Å². The first-order chi connectivity index (χ1) is 17.0. The van der Waals surface area contributed by atoms with Gasteiger partial charge in [-0.15, -0.1) is 0 Å². The van der Waals surface area contributed by atoms with Gasteiger partial charge in [-0.25, -0.2) is 0 Å². The van der Waals surface area contributed by atoms with Crippen LogP contribution >= 0.6 is 0 Å². The number of aliphatic hydroxyl groups is 1. The number of ether oxygens (including phenoxy) is 2. The predicted molar refractivity (Wildman–Crippen MR) is 130 cm³/mol. The van der Waals surface area contributed by atoms with Crippen LogP contribution in [0.1, 0.15) is 27.0 Å². The van der Waals surface area contributed by atoms with Crippen molar-refractivity contribution in [2.45, 2.75) is 18.9 Å². The Kier molecular flexibility index (Phi) is 7.70. The summed E-state index contributed by atoms with van der Waals surface area (Å²) < 4.78 is 10.7. The summed E-state index contributed by atoms with van der Waals surface area (Å²) in [5.41, 5.74) is 2.79. The number of nitrogens with one attached hydrogen (secondary N) is 1. The van der Waals surface area contributed by atoms with Crippen LogP contribution in [-0.4, -0.2) is 42.0 Å². The van der Waals surface area contributed by atoms with Gasteiger partial charge in [0.05, 0.1) is 6.04 Å². The Bertz CT molecular complexity index is 1230. The minimum Gasteiger partial charge on any atom is -0.454 e. The molecule has 0 saturated carbocycles. The van der Waals surface area contributed by atoms with Gasteiger partial charge in [0.15, 0.2) is 23.1 Å². The molecule has 1 amide bonds. The van der Waals surface area contributed by atoms with E-state index in [0.717, 1.165) is 11.1 Å². The number of rotatable bonds is 10. The molecule has 1 aliphatic rings. The second kappa shape index (κ2) is 11.3. The van der Waals surface area contributed by atoms with Crippen LogP contribution in [0.2, 0.25) is 0 Å². The van der Waals surface area contributed by atoms with E-state index in [2.05, 4.69) is 5.32 Å². The van der Waals surface area contributed by atoms with E-state index in [0.29, 0.717) is 29.0 Å². The van der Waals surface area contributed by atoms with E-state index >= 15 is 0 Å². The van der Waals surface area contributed by atoms with Crippen molar-refractivity contribution in [1.82, 2.24) is 5.32 Å².